The van der Waals surface area contributed by atoms with Gasteiger partial charge in [0.15, 0.2) is 0 Å². The molecule has 4 heteroatoms. The Kier molecular flexibility index (Phi) is 4.32. The normalized spacial score (nSPS) is 14.0. The first-order chi connectivity index (χ1) is 10.2. The van der Waals surface area contributed by atoms with Gasteiger partial charge in [-0.1, -0.05) is 48.0 Å². The molecule has 1 fully saturated rings. The Morgan fingerprint density at radius 3 is 2.52 bits per heavy atom. The summed E-state index contributed by atoms with van der Waals surface area (Å²) in [7, 11) is 0. The van der Waals surface area contributed by atoms with Crippen LogP contribution >= 0.6 is 27.5 Å². The lowest BCUT2D eigenvalue weighted by molar-refractivity contribution is 0.0730. The minimum absolute atomic E-state index is 0.00709. The van der Waals surface area contributed by atoms with Gasteiger partial charge in [-0.3, -0.25) is 4.79 Å². The van der Waals surface area contributed by atoms with Crippen LogP contribution in [0.3, 0.4) is 0 Å². The molecule has 0 atom stereocenters. The van der Waals surface area contributed by atoms with Crippen molar-refractivity contribution in [1.29, 1.82) is 0 Å². The molecule has 108 valence electrons. The van der Waals surface area contributed by atoms with Crippen molar-refractivity contribution in [2.75, 3.05) is 0 Å². The zero-order valence-corrected chi connectivity index (χ0v) is 13.8. The van der Waals surface area contributed by atoms with E-state index in [0.29, 0.717) is 23.2 Å². The van der Waals surface area contributed by atoms with Crippen molar-refractivity contribution in [3.63, 3.8) is 0 Å². The van der Waals surface area contributed by atoms with E-state index in [9.17, 15) is 4.79 Å². The molecule has 0 bridgehead atoms. The van der Waals surface area contributed by atoms with Gasteiger partial charge < -0.3 is 4.90 Å². The predicted molar refractivity (Wildman–Crippen MR) is 88.5 cm³/mol. The van der Waals surface area contributed by atoms with E-state index in [2.05, 4.69) is 15.9 Å². The molecule has 0 aliphatic heterocycles. The van der Waals surface area contributed by atoms with Crippen molar-refractivity contribution in [2.45, 2.75) is 25.4 Å². The third kappa shape index (κ3) is 3.30. The fraction of sp³-hybridized carbons (Fsp3) is 0.235. The zero-order chi connectivity index (χ0) is 14.8. The molecular weight excluding hydrogens is 350 g/mol. The van der Waals surface area contributed by atoms with Crippen molar-refractivity contribution in [2.24, 2.45) is 0 Å². The van der Waals surface area contributed by atoms with Crippen molar-refractivity contribution >= 4 is 33.4 Å². The third-order valence-electron chi connectivity index (χ3n) is 3.63. The number of carbonyl (C=O) groups excluding carboxylic acids is 1. The third-order valence-corrected chi connectivity index (χ3v) is 4.92. The molecule has 1 aliphatic rings. The average molecular weight is 365 g/mol. The van der Waals surface area contributed by atoms with Crippen LogP contribution in [0.1, 0.15) is 28.8 Å². The van der Waals surface area contributed by atoms with Gasteiger partial charge in [0.2, 0.25) is 0 Å². The maximum Gasteiger partial charge on any atom is 0.255 e. The molecule has 0 N–H and O–H groups in total. The number of halogens is 2. The fourth-order valence-electron chi connectivity index (χ4n) is 2.36. The van der Waals surface area contributed by atoms with Gasteiger partial charge >= 0.3 is 0 Å². The number of amides is 1. The van der Waals surface area contributed by atoms with E-state index in [-0.39, 0.29) is 5.91 Å². The summed E-state index contributed by atoms with van der Waals surface area (Å²) in [4.78, 5) is 14.8. The first-order valence-electron chi connectivity index (χ1n) is 6.95. The quantitative estimate of drug-likeness (QED) is 0.755. The molecule has 0 radical (unpaired) electrons. The minimum atomic E-state index is 0.00709. The molecule has 0 saturated heterocycles. The van der Waals surface area contributed by atoms with Gasteiger partial charge in [0, 0.05) is 17.1 Å². The number of hydrogen-bond acceptors (Lipinski definition) is 1. The molecule has 2 aromatic rings. The molecule has 21 heavy (non-hydrogen) atoms. The van der Waals surface area contributed by atoms with Gasteiger partial charge in [-0.15, -0.1) is 0 Å². The Hall–Kier alpha value is -1.32. The molecular formula is C17H15BrClNO. The van der Waals surface area contributed by atoms with E-state index in [0.717, 1.165) is 22.9 Å². The Labute approximate surface area is 137 Å². The highest BCUT2D eigenvalue weighted by atomic mass is 79.9. The van der Waals surface area contributed by atoms with Gasteiger partial charge in [0.25, 0.3) is 5.91 Å². The lowest BCUT2D eigenvalue weighted by Crippen LogP contribution is -2.32. The standard InChI is InChI=1S/C17H15BrClNO/c18-15-8-4-7-14(16(15)19)17(21)20(13-9-10-13)11-12-5-2-1-3-6-12/h1-8,13H,9-11H2. The second kappa shape index (κ2) is 6.20. The van der Waals surface area contributed by atoms with E-state index in [1.165, 1.54) is 0 Å². The number of nitrogens with zero attached hydrogens (tertiary/aromatic N) is 1. The van der Waals surface area contributed by atoms with Gasteiger partial charge in [0.05, 0.1) is 10.6 Å². The van der Waals surface area contributed by atoms with E-state index >= 15 is 0 Å². The zero-order valence-electron chi connectivity index (χ0n) is 11.4. The molecule has 1 saturated carbocycles. The van der Waals surface area contributed by atoms with Crippen LogP contribution in [-0.4, -0.2) is 16.8 Å². The fourth-order valence-corrected chi connectivity index (χ4v) is 2.93. The summed E-state index contributed by atoms with van der Waals surface area (Å²) >= 11 is 9.65. The second-order valence-corrected chi connectivity index (χ2v) is 6.48. The van der Waals surface area contributed by atoms with Crippen LogP contribution in [0.25, 0.3) is 0 Å². The summed E-state index contributed by atoms with van der Waals surface area (Å²) in [5.41, 5.74) is 1.71. The van der Waals surface area contributed by atoms with Crippen LogP contribution in [0.15, 0.2) is 53.0 Å². The van der Waals surface area contributed by atoms with Gasteiger partial charge in [-0.05, 0) is 46.5 Å². The van der Waals surface area contributed by atoms with Crippen molar-refractivity contribution in [3.8, 4) is 0 Å². The molecule has 2 nitrogen and oxygen atoms in total. The summed E-state index contributed by atoms with van der Waals surface area (Å²) in [6, 6.07) is 15.9. The van der Waals surface area contributed by atoms with E-state index in [1.54, 1.807) is 6.07 Å². The first-order valence-corrected chi connectivity index (χ1v) is 8.13. The summed E-state index contributed by atoms with van der Waals surface area (Å²) in [5.74, 6) is 0.00709. The minimum Gasteiger partial charge on any atom is -0.331 e. The lowest BCUT2D eigenvalue weighted by Gasteiger charge is -2.23. The molecule has 0 spiro atoms. The smallest absolute Gasteiger partial charge is 0.255 e. The van der Waals surface area contributed by atoms with Crippen LogP contribution in [0.5, 0.6) is 0 Å². The molecule has 2 aromatic carbocycles. The Balaban J connectivity index is 1.87. The molecule has 0 heterocycles. The Morgan fingerprint density at radius 2 is 1.86 bits per heavy atom. The van der Waals surface area contributed by atoms with E-state index in [4.69, 9.17) is 11.6 Å². The summed E-state index contributed by atoms with van der Waals surface area (Å²) in [6.07, 6.45) is 2.15. The molecule has 0 aromatic heterocycles. The predicted octanol–water partition coefficient (Wildman–Crippen LogP) is 4.91. The SMILES string of the molecule is O=C(c1cccc(Br)c1Cl)N(Cc1ccccc1)C1CC1. The molecule has 1 aliphatic carbocycles. The van der Waals surface area contributed by atoms with Gasteiger partial charge in [-0.25, -0.2) is 0 Å². The summed E-state index contributed by atoms with van der Waals surface area (Å²) in [5, 5.41) is 0.487. The average Bonchev–Trinajstić information content (AvgIpc) is 3.33. The van der Waals surface area contributed by atoms with E-state index < -0.39 is 0 Å². The topological polar surface area (TPSA) is 20.3 Å². The van der Waals surface area contributed by atoms with Gasteiger partial charge in [-0.2, -0.15) is 0 Å². The highest BCUT2D eigenvalue weighted by molar-refractivity contribution is 9.10. The van der Waals surface area contributed by atoms with Gasteiger partial charge in [0.1, 0.15) is 0 Å². The molecule has 3 rings (SSSR count). The number of hydrogen-bond donors (Lipinski definition) is 0. The van der Waals surface area contributed by atoms with Crippen molar-refractivity contribution in [1.82, 2.24) is 4.90 Å². The van der Waals surface area contributed by atoms with Crippen LogP contribution in [-0.2, 0) is 6.54 Å². The Bertz CT molecular complexity index is 655. The highest BCUT2D eigenvalue weighted by Crippen LogP contribution is 2.33. The lowest BCUT2D eigenvalue weighted by atomic mass is 10.1. The Morgan fingerprint density at radius 1 is 1.14 bits per heavy atom. The van der Waals surface area contributed by atoms with Crippen LogP contribution < -0.4 is 0 Å². The van der Waals surface area contributed by atoms with Crippen LogP contribution in [0.2, 0.25) is 5.02 Å². The monoisotopic (exact) mass is 363 g/mol. The highest BCUT2D eigenvalue weighted by Gasteiger charge is 2.33. The van der Waals surface area contributed by atoms with Crippen LogP contribution in [0.4, 0.5) is 0 Å². The number of benzene rings is 2. The molecule has 1 amide bonds. The van der Waals surface area contributed by atoms with Crippen molar-refractivity contribution in [3.05, 3.63) is 69.2 Å². The number of rotatable bonds is 4. The molecule has 0 unspecified atom stereocenters. The van der Waals surface area contributed by atoms with Crippen LogP contribution in [0, 0.1) is 0 Å². The summed E-state index contributed by atoms with van der Waals surface area (Å²) in [6.45, 7) is 0.632. The first kappa shape index (κ1) is 14.6. The number of carbonyl (C=O) groups is 1. The maximum absolute atomic E-state index is 12.8. The summed E-state index contributed by atoms with van der Waals surface area (Å²) < 4.78 is 0.755. The largest absolute Gasteiger partial charge is 0.331 e. The van der Waals surface area contributed by atoms with E-state index in [1.807, 2.05) is 47.4 Å². The van der Waals surface area contributed by atoms with Crippen molar-refractivity contribution < 1.29 is 4.79 Å². The second-order valence-electron chi connectivity index (χ2n) is 5.25. The maximum atomic E-state index is 12.8.